The van der Waals surface area contributed by atoms with Crippen LogP contribution in [-0.4, -0.2) is 31.3 Å². The molecule has 0 aliphatic rings. The molecule has 0 fully saturated rings. The molecule has 5 heteroatoms. The molecule has 0 atom stereocenters. The van der Waals surface area contributed by atoms with Crippen LogP contribution in [0.1, 0.15) is 25.2 Å². The van der Waals surface area contributed by atoms with Crippen LogP contribution >= 0.6 is 0 Å². The summed E-state index contributed by atoms with van der Waals surface area (Å²) in [7, 11) is 1.02. The minimum absolute atomic E-state index is 0.829. The van der Waals surface area contributed by atoms with E-state index in [4.69, 9.17) is 5.48 Å². The molecule has 0 spiro atoms. The maximum Gasteiger partial charge on any atom is 0.313 e. The molecule has 1 N–H and O–H groups in total. The Morgan fingerprint density at radius 3 is 2.54 bits per heavy atom. The molecule has 5 nitrogen and oxygen atoms in total. The number of esters is 1. The van der Waals surface area contributed by atoms with Crippen molar-refractivity contribution in [1.29, 1.82) is 0 Å². The number of methoxy groups -OCH3 is 1. The van der Waals surface area contributed by atoms with Crippen molar-refractivity contribution in [2.75, 3.05) is 13.6 Å². The molecular weight excluding hydrogens is 174 g/mol. The normalized spacial score (nSPS) is 15.8. The highest BCUT2D eigenvalue weighted by Crippen LogP contribution is 1.90. The second-order valence-electron chi connectivity index (χ2n) is 2.11. The van der Waals surface area contributed by atoms with Crippen molar-refractivity contribution in [2.24, 2.45) is 0 Å². The van der Waals surface area contributed by atoms with Gasteiger partial charge in [-0.2, -0.15) is 0 Å². The Bertz CT molecular complexity index is 342. The van der Waals surface area contributed by atoms with Crippen LogP contribution < -0.4 is 5.32 Å². The van der Waals surface area contributed by atoms with Gasteiger partial charge in [0.15, 0.2) is 0 Å². The molecule has 0 aliphatic carbocycles. The molecule has 0 aliphatic heterocycles. The molecule has 0 unspecified atom stereocenters. The Labute approximate surface area is 82.1 Å². The van der Waals surface area contributed by atoms with E-state index in [9.17, 15) is 14.4 Å². The van der Waals surface area contributed by atoms with Gasteiger partial charge >= 0.3 is 5.97 Å². The van der Waals surface area contributed by atoms with Crippen molar-refractivity contribution in [3.8, 4) is 0 Å². The predicted molar refractivity (Wildman–Crippen MR) is 44.9 cm³/mol. The minimum atomic E-state index is -3.02. The summed E-state index contributed by atoms with van der Waals surface area (Å²) in [5.41, 5.74) is 0. The first-order valence-corrected chi connectivity index (χ1v) is 3.43. The molecular formula is C8H13NO4. The topological polar surface area (TPSA) is 72.5 Å². The van der Waals surface area contributed by atoms with Crippen LogP contribution in [0.4, 0.5) is 0 Å². The number of ether oxygens (including phenoxy) is 1. The van der Waals surface area contributed by atoms with E-state index < -0.39 is 37.0 Å². The van der Waals surface area contributed by atoms with Gasteiger partial charge in [0.05, 0.1) is 7.11 Å². The molecule has 74 valence electrons. The van der Waals surface area contributed by atoms with E-state index in [1.807, 2.05) is 0 Å². The molecule has 0 rings (SSSR count). The van der Waals surface area contributed by atoms with Gasteiger partial charge in [0.25, 0.3) is 0 Å². The molecule has 0 heterocycles. The first kappa shape index (κ1) is 6.12. The molecule has 13 heavy (non-hydrogen) atoms. The average Bonchev–Trinajstić information content (AvgIpc) is 2.14. The summed E-state index contributed by atoms with van der Waals surface area (Å²) in [5, 5.41) is 1.68. The van der Waals surface area contributed by atoms with Crippen molar-refractivity contribution in [3.63, 3.8) is 0 Å². The second-order valence-corrected chi connectivity index (χ2v) is 2.11. The van der Waals surface area contributed by atoms with E-state index in [-0.39, 0.29) is 0 Å². The van der Waals surface area contributed by atoms with Gasteiger partial charge in [-0.1, -0.05) is 0 Å². The molecule has 0 aromatic heterocycles. The van der Waals surface area contributed by atoms with Crippen molar-refractivity contribution < 1.29 is 24.6 Å². The lowest BCUT2D eigenvalue weighted by Crippen LogP contribution is -2.23. The zero-order valence-corrected chi connectivity index (χ0v) is 7.34. The molecule has 0 saturated heterocycles. The SMILES string of the molecule is [2H]C([2H])(NC(C)=O)C([2H])([2H])C(=O)CC(=O)OC. The number of carbonyl (C=O) groups is 3. The number of Topliss-reactive ketones (excluding diaryl/α,β-unsaturated/α-hetero) is 1. The summed E-state index contributed by atoms with van der Waals surface area (Å²) in [4.78, 5) is 32.9. The van der Waals surface area contributed by atoms with Gasteiger partial charge < -0.3 is 10.1 Å². The van der Waals surface area contributed by atoms with Crippen LogP contribution in [0.3, 0.4) is 0 Å². The Kier molecular flexibility index (Phi) is 2.90. The highest BCUT2D eigenvalue weighted by atomic mass is 16.5. The van der Waals surface area contributed by atoms with E-state index >= 15 is 0 Å². The molecule has 0 bridgehead atoms. The molecule has 0 radical (unpaired) electrons. The van der Waals surface area contributed by atoms with E-state index in [1.165, 1.54) is 0 Å². The monoisotopic (exact) mass is 191 g/mol. The summed E-state index contributed by atoms with van der Waals surface area (Å²) < 4.78 is 33.4. The van der Waals surface area contributed by atoms with E-state index in [1.54, 1.807) is 5.32 Å². The van der Waals surface area contributed by atoms with Gasteiger partial charge in [0, 0.05) is 25.3 Å². The van der Waals surface area contributed by atoms with Crippen molar-refractivity contribution in [2.45, 2.75) is 19.7 Å². The van der Waals surface area contributed by atoms with E-state index in [0.717, 1.165) is 14.0 Å². The third kappa shape index (κ3) is 6.99. The number of rotatable bonds is 5. The zero-order chi connectivity index (χ0) is 13.9. The minimum Gasteiger partial charge on any atom is -0.469 e. The lowest BCUT2D eigenvalue weighted by molar-refractivity contribution is -0.143. The maximum atomic E-state index is 11.4. The van der Waals surface area contributed by atoms with E-state index in [0.29, 0.717) is 0 Å². The van der Waals surface area contributed by atoms with Gasteiger partial charge in [-0.25, -0.2) is 0 Å². The number of hydrogen-bond acceptors (Lipinski definition) is 4. The van der Waals surface area contributed by atoms with Crippen LogP contribution in [0.2, 0.25) is 0 Å². The second kappa shape index (κ2) is 6.16. The maximum absolute atomic E-state index is 11.4. The predicted octanol–water partition coefficient (Wildman–Crippen LogP) is -0.355. The summed E-state index contributed by atoms with van der Waals surface area (Å²) >= 11 is 0. The summed E-state index contributed by atoms with van der Waals surface area (Å²) in [6.07, 6.45) is -3.92. The van der Waals surface area contributed by atoms with Crippen LogP contribution in [0.5, 0.6) is 0 Å². The van der Waals surface area contributed by atoms with Crippen molar-refractivity contribution in [3.05, 3.63) is 0 Å². The van der Waals surface area contributed by atoms with Crippen LogP contribution in [0, 0.1) is 0 Å². The largest absolute Gasteiger partial charge is 0.469 e. The van der Waals surface area contributed by atoms with Gasteiger partial charge in [-0.05, 0) is 0 Å². The molecule has 0 saturated carbocycles. The van der Waals surface area contributed by atoms with Gasteiger partial charge in [0.1, 0.15) is 12.2 Å². The smallest absolute Gasteiger partial charge is 0.313 e. The van der Waals surface area contributed by atoms with Crippen molar-refractivity contribution >= 4 is 17.7 Å². The summed E-state index contributed by atoms with van der Waals surface area (Å²) in [6.45, 7) is -1.91. The fraction of sp³-hybridized carbons (Fsp3) is 0.625. The molecule has 1 amide bonds. The number of carbonyl (C=O) groups excluding carboxylic acids is 3. The molecule has 0 aromatic rings. The van der Waals surface area contributed by atoms with Gasteiger partial charge in [-0.15, -0.1) is 0 Å². The van der Waals surface area contributed by atoms with Gasteiger partial charge in [-0.3, -0.25) is 14.4 Å². The Morgan fingerprint density at radius 1 is 1.46 bits per heavy atom. The first-order valence-electron chi connectivity index (χ1n) is 5.43. The molecule has 0 aromatic carbocycles. The number of nitrogens with one attached hydrogen (secondary N) is 1. The Balaban J connectivity index is 4.92. The fourth-order valence-corrected chi connectivity index (χ4v) is 0.436. The van der Waals surface area contributed by atoms with E-state index in [2.05, 4.69) is 4.74 Å². The number of hydrogen-bond donors (Lipinski definition) is 1. The fourth-order valence-electron chi connectivity index (χ4n) is 0.436. The Morgan fingerprint density at radius 2 is 2.08 bits per heavy atom. The number of ketones is 1. The van der Waals surface area contributed by atoms with Crippen LogP contribution in [-0.2, 0) is 19.1 Å². The first-order chi connectivity index (χ1) is 7.54. The van der Waals surface area contributed by atoms with Crippen LogP contribution in [0.25, 0.3) is 0 Å². The zero-order valence-electron chi connectivity index (χ0n) is 11.3. The highest BCUT2D eigenvalue weighted by molar-refractivity contribution is 5.95. The summed E-state index contributed by atoms with van der Waals surface area (Å²) in [6, 6.07) is 0. The van der Waals surface area contributed by atoms with Crippen molar-refractivity contribution in [1.82, 2.24) is 5.32 Å². The highest BCUT2D eigenvalue weighted by Gasteiger charge is 2.08. The summed E-state index contributed by atoms with van der Waals surface area (Å²) in [5.74, 6) is -3.11. The standard InChI is InChI=1S/C8H13NO4/c1-6(10)9-4-3-7(11)5-8(12)13-2/h3-5H2,1-2H3,(H,9,10)/i3D2,4D2. The lowest BCUT2D eigenvalue weighted by atomic mass is 10.2. The Hall–Kier alpha value is -1.39. The average molecular weight is 191 g/mol. The third-order valence-electron chi connectivity index (χ3n) is 0.973. The third-order valence-corrected chi connectivity index (χ3v) is 0.973. The van der Waals surface area contributed by atoms with Gasteiger partial charge in [0.2, 0.25) is 5.91 Å². The number of amides is 1. The lowest BCUT2D eigenvalue weighted by Gasteiger charge is -2.00. The van der Waals surface area contributed by atoms with Crippen LogP contribution in [0.15, 0.2) is 0 Å². The quantitative estimate of drug-likeness (QED) is 0.476.